The Morgan fingerprint density at radius 2 is 2.08 bits per heavy atom. The number of carbonyl (C=O) groups excluding carboxylic acids is 1. The molecule has 4 rings (SSSR count). The first-order valence-electron chi connectivity index (χ1n) is 8.58. The quantitative estimate of drug-likeness (QED) is 0.911. The third kappa shape index (κ3) is 2.59. The Balaban J connectivity index is 1.62. The van der Waals surface area contributed by atoms with Crippen molar-refractivity contribution in [1.29, 1.82) is 0 Å². The summed E-state index contributed by atoms with van der Waals surface area (Å²) in [7, 11) is 0. The summed E-state index contributed by atoms with van der Waals surface area (Å²) in [5.41, 5.74) is 5.08. The van der Waals surface area contributed by atoms with Gasteiger partial charge in [-0.2, -0.15) is 0 Å². The van der Waals surface area contributed by atoms with Crippen LogP contribution in [0.3, 0.4) is 0 Å². The van der Waals surface area contributed by atoms with Crippen LogP contribution in [0.25, 0.3) is 0 Å². The number of para-hydroxylation sites is 1. The molecule has 2 aromatic rings. The molecule has 2 N–H and O–H groups in total. The van der Waals surface area contributed by atoms with Gasteiger partial charge in [0.2, 0.25) is 0 Å². The van der Waals surface area contributed by atoms with E-state index >= 15 is 0 Å². The molecular formula is C19H23N3O2. The van der Waals surface area contributed by atoms with Crippen LogP contribution in [0.4, 0.5) is 5.69 Å². The zero-order valence-electron chi connectivity index (χ0n) is 14.1. The van der Waals surface area contributed by atoms with Gasteiger partial charge in [-0.1, -0.05) is 12.1 Å². The smallest absolute Gasteiger partial charge is 0.255 e. The number of carbonyl (C=O) groups is 1. The second kappa shape index (κ2) is 5.98. The van der Waals surface area contributed by atoms with Gasteiger partial charge >= 0.3 is 0 Å². The summed E-state index contributed by atoms with van der Waals surface area (Å²) in [5.74, 6) is -0.0294. The Morgan fingerprint density at radius 1 is 1.25 bits per heavy atom. The number of aryl methyl sites for hydroxylation is 1. The number of benzene rings is 1. The van der Waals surface area contributed by atoms with Crippen LogP contribution in [-0.4, -0.2) is 23.2 Å². The fraction of sp³-hybridized carbons (Fsp3) is 0.421. The SMILES string of the molecule is Cc1cc([C@H]2NC(=O)c3ccccc3N2)c(C)n1C[C@@H]1CCCO1. The van der Waals surface area contributed by atoms with Gasteiger partial charge in [0.1, 0.15) is 6.17 Å². The van der Waals surface area contributed by atoms with Crippen LogP contribution in [0.2, 0.25) is 0 Å². The second-order valence-electron chi connectivity index (χ2n) is 6.67. The highest BCUT2D eigenvalue weighted by molar-refractivity contribution is 6.01. The molecule has 0 unspecified atom stereocenters. The van der Waals surface area contributed by atoms with Crippen molar-refractivity contribution >= 4 is 11.6 Å². The van der Waals surface area contributed by atoms with E-state index in [9.17, 15) is 4.79 Å². The van der Waals surface area contributed by atoms with E-state index in [1.165, 1.54) is 11.4 Å². The summed E-state index contributed by atoms with van der Waals surface area (Å²) in [4.78, 5) is 12.4. The number of amides is 1. The van der Waals surface area contributed by atoms with Gasteiger partial charge in [0.25, 0.3) is 5.91 Å². The van der Waals surface area contributed by atoms with Crippen molar-refractivity contribution in [3.05, 3.63) is 52.8 Å². The minimum absolute atomic E-state index is 0.0294. The van der Waals surface area contributed by atoms with Gasteiger partial charge in [-0.15, -0.1) is 0 Å². The average molecular weight is 325 g/mol. The van der Waals surface area contributed by atoms with E-state index in [-0.39, 0.29) is 12.1 Å². The first-order chi connectivity index (χ1) is 11.6. The maximum atomic E-state index is 12.4. The highest BCUT2D eigenvalue weighted by Crippen LogP contribution is 2.30. The molecule has 5 nitrogen and oxygen atoms in total. The van der Waals surface area contributed by atoms with E-state index in [2.05, 4.69) is 35.1 Å². The van der Waals surface area contributed by atoms with Crippen molar-refractivity contribution in [2.24, 2.45) is 0 Å². The number of hydrogen-bond donors (Lipinski definition) is 2. The summed E-state index contributed by atoms with van der Waals surface area (Å²) in [6.07, 6.45) is 2.38. The minimum Gasteiger partial charge on any atom is -0.376 e. The predicted octanol–water partition coefficient (Wildman–Crippen LogP) is 3.14. The number of fused-ring (bicyclic) bond motifs is 1. The molecule has 1 aromatic carbocycles. The Labute approximate surface area is 142 Å². The lowest BCUT2D eigenvalue weighted by Crippen LogP contribution is -2.38. The lowest BCUT2D eigenvalue weighted by atomic mass is 10.1. The monoisotopic (exact) mass is 325 g/mol. The molecule has 5 heteroatoms. The molecule has 1 amide bonds. The van der Waals surface area contributed by atoms with Crippen molar-refractivity contribution < 1.29 is 9.53 Å². The Kier molecular flexibility index (Phi) is 3.81. The molecule has 0 aliphatic carbocycles. The number of anilines is 1. The first-order valence-corrected chi connectivity index (χ1v) is 8.58. The third-order valence-corrected chi connectivity index (χ3v) is 5.08. The number of rotatable bonds is 3. The zero-order chi connectivity index (χ0) is 16.7. The molecule has 1 aromatic heterocycles. The molecule has 2 aliphatic rings. The topological polar surface area (TPSA) is 55.3 Å². The first kappa shape index (κ1) is 15.3. The van der Waals surface area contributed by atoms with Crippen LogP contribution in [0.15, 0.2) is 30.3 Å². The number of nitrogens with zero attached hydrogens (tertiary/aromatic N) is 1. The Morgan fingerprint density at radius 3 is 2.88 bits per heavy atom. The van der Waals surface area contributed by atoms with Crippen molar-refractivity contribution in [3.63, 3.8) is 0 Å². The van der Waals surface area contributed by atoms with Crippen LogP contribution in [-0.2, 0) is 11.3 Å². The van der Waals surface area contributed by atoms with E-state index < -0.39 is 0 Å². The van der Waals surface area contributed by atoms with Crippen molar-refractivity contribution in [3.8, 4) is 0 Å². The maximum Gasteiger partial charge on any atom is 0.255 e. The van der Waals surface area contributed by atoms with Crippen molar-refractivity contribution in [2.45, 2.75) is 45.5 Å². The number of ether oxygens (including phenoxy) is 1. The molecule has 3 heterocycles. The van der Waals surface area contributed by atoms with Gasteiger partial charge in [0.05, 0.1) is 11.7 Å². The van der Waals surface area contributed by atoms with Crippen LogP contribution < -0.4 is 10.6 Å². The van der Waals surface area contributed by atoms with E-state index in [0.717, 1.165) is 37.2 Å². The Hall–Kier alpha value is -2.27. The molecule has 0 bridgehead atoms. The van der Waals surface area contributed by atoms with Gasteiger partial charge in [-0.3, -0.25) is 4.79 Å². The molecule has 126 valence electrons. The third-order valence-electron chi connectivity index (χ3n) is 5.08. The summed E-state index contributed by atoms with van der Waals surface area (Å²) < 4.78 is 8.08. The molecular weight excluding hydrogens is 302 g/mol. The number of hydrogen-bond acceptors (Lipinski definition) is 3. The summed E-state index contributed by atoms with van der Waals surface area (Å²) >= 11 is 0. The fourth-order valence-corrected chi connectivity index (χ4v) is 3.76. The van der Waals surface area contributed by atoms with Crippen molar-refractivity contribution in [1.82, 2.24) is 9.88 Å². The molecule has 1 saturated heterocycles. The van der Waals surface area contributed by atoms with Gasteiger partial charge in [0.15, 0.2) is 0 Å². The van der Waals surface area contributed by atoms with Crippen LogP contribution in [0.1, 0.15) is 46.3 Å². The predicted molar refractivity (Wildman–Crippen MR) is 93.2 cm³/mol. The molecule has 24 heavy (non-hydrogen) atoms. The maximum absolute atomic E-state index is 12.4. The molecule has 2 atom stereocenters. The standard InChI is InChI=1S/C19H23N3O2/c1-12-10-16(13(2)22(12)11-14-6-5-9-24-14)18-20-17-8-4-3-7-15(17)19(23)21-18/h3-4,7-8,10,14,18,20H,5-6,9,11H2,1-2H3,(H,21,23)/t14-,18+/m0/s1. The van der Waals surface area contributed by atoms with Gasteiger partial charge in [-0.25, -0.2) is 0 Å². The van der Waals surface area contributed by atoms with E-state index in [1.54, 1.807) is 0 Å². The average Bonchev–Trinajstić information content (AvgIpc) is 3.18. The number of nitrogens with one attached hydrogen (secondary N) is 2. The lowest BCUT2D eigenvalue weighted by Gasteiger charge is -2.28. The van der Waals surface area contributed by atoms with E-state index in [1.807, 2.05) is 24.3 Å². The largest absolute Gasteiger partial charge is 0.376 e. The fourth-order valence-electron chi connectivity index (χ4n) is 3.76. The molecule has 2 aliphatic heterocycles. The molecule has 0 saturated carbocycles. The van der Waals surface area contributed by atoms with Gasteiger partial charge in [-0.05, 0) is 44.9 Å². The zero-order valence-corrected chi connectivity index (χ0v) is 14.1. The minimum atomic E-state index is -0.197. The normalized spacial score (nSPS) is 22.8. The van der Waals surface area contributed by atoms with Crippen LogP contribution >= 0.6 is 0 Å². The van der Waals surface area contributed by atoms with Crippen molar-refractivity contribution in [2.75, 3.05) is 11.9 Å². The lowest BCUT2D eigenvalue weighted by molar-refractivity contribution is 0.0933. The second-order valence-corrected chi connectivity index (χ2v) is 6.67. The summed E-state index contributed by atoms with van der Waals surface area (Å²) in [5, 5.41) is 6.51. The number of aromatic nitrogens is 1. The highest BCUT2D eigenvalue weighted by Gasteiger charge is 2.27. The highest BCUT2D eigenvalue weighted by atomic mass is 16.5. The van der Waals surface area contributed by atoms with Crippen LogP contribution in [0, 0.1) is 13.8 Å². The summed E-state index contributed by atoms with van der Waals surface area (Å²) in [6.45, 7) is 5.98. The van der Waals surface area contributed by atoms with Crippen LogP contribution in [0.5, 0.6) is 0 Å². The summed E-state index contributed by atoms with van der Waals surface area (Å²) in [6, 6.07) is 9.79. The van der Waals surface area contributed by atoms with E-state index in [4.69, 9.17) is 4.74 Å². The van der Waals surface area contributed by atoms with Gasteiger partial charge < -0.3 is 19.9 Å². The Bertz CT molecular complexity index is 775. The molecule has 0 radical (unpaired) electrons. The van der Waals surface area contributed by atoms with Gasteiger partial charge in [0, 0.05) is 35.8 Å². The van der Waals surface area contributed by atoms with E-state index in [0.29, 0.717) is 11.7 Å². The molecule has 1 fully saturated rings. The molecule has 0 spiro atoms.